The fraction of sp³-hybridized carbons (Fsp3) is 0.462. The molecule has 0 fully saturated rings. The SMILES string of the molecule is CC(O)CNCCNC(=O)c1cccc(OC(F)F)c1. The van der Waals surface area contributed by atoms with Crippen LogP contribution in [0.15, 0.2) is 24.3 Å². The monoisotopic (exact) mass is 288 g/mol. The lowest BCUT2D eigenvalue weighted by Crippen LogP contribution is -2.34. The van der Waals surface area contributed by atoms with Gasteiger partial charge in [0.25, 0.3) is 5.91 Å². The molecule has 1 aromatic carbocycles. The minimum atomic E-state index is -2.92. The first-order valence-electron chi connectivity index (χ1n) is 6.21. The molecule has 0 aliphatic rings. The molecule has 7 heteroatoms. The zero-order chi connectivity index (χ0) is 15.0. The van der Waals surface area contributed by atoms with Gasteiger partial charge < -0.3 is 20.5 Å². The van der Waals surface area contributed by atoms with Crippen molar-refractivity contribution < 1.29 is 23.4 Å². The molecule has 20 heavy (non-hydrogen) atoms. The van der Waals surface area contributed by atoms with Gasteiger partial charge in [0.1, 0.15) is 5.75 Å². The molecular weight excluding hydrogens is 270 g/mol. The molecule has 1 atom stereocenters. The Morgan fingerprint density at radius 2 is 2.15 bits per heavy atom. The molecule has 1 aromatic rings. The molecule has 112 valence electrons. The van der Waals surface area contributed by atoms with E-state index in [9.17, 15) is 13.6 Å². The molecule has 3 N–H and O–H groups in total. The summed E-state index contributed by atoms with van der Waals surface area (Å²) in [5, 5.41) is 14.6. The first kappa shape index (κ1) is 16.3. The van der Waals surface area contributed by atoms with Crippen molar-refractivity contribution in [2.45, 2.75) is 19.6 Å². The first-order valence-corrected chi connectivity index (χ1v) is 6.21. The van der Waals surface area contributed by atoms with Crippen molar-refractivity contribution in [3.8, 4) is 5.75 Å². The van der Waals surface area contributed by atoms with Crippen molar-refractivity contribution in [1.82, 2.24) is 10.6 Å². The van der Waals surface area contributed by atoms with Gasteiger partial charge in [-0.25, -0.2) is 0 Å². The summed E-state index contributed by atoms with van der Waals surface area (Å²) >= 11 is 0. The van der Waals surface area contributed by atoms with Crippen LogP contribution in [0.5, 0.6) is 5.75 Å². The Balaban J connectivity index is 2.39. The van der Waals surface area contributed by atoms with Gasteiger partial charge in [0.2, 0.25) is 0 Å². The van der Waals surface area contributed by atoms with Crippen LogP contribution in [0.2, 0.25) is 0 Å². The Bertz CT molecular complexity index is 428. The minimum Gasteiger partial charge on any atom is -0.435 e. The molecule has 0 bridgehead atoms. The Kier molecular flexibility index (Phi) is 6.89. The van der Waals surface area contributed by atoms with E-state index in [-0.39, 0.29) is 17.2 Å². The summed E-state index contributed by atoms with van der Waals surface area (Å²) in [5.74, 6) is -0.427. The van der Waals surface area contributed by atoms with Gasteiger partial charge in [-0.3, -0.25) is 4.79 Å². The number of carbonyl (C=O) groups is 1. The lowest BCUT2D eigenvalue weighted by Gasteiger charge is -2.09. The van der Waals surface area contributed by atoms with Crippen molar-refractivity contribution >= 4 is 5.91 Å². The molecule has 1 rings (SSSR count). The Morgan fingerprint density at radius 1 is 1.40 bits per heavy atom. The maximum absolute atomic E-state index is 12.1. The van der Waals surface area contributed by atoms with Gasteiger partial charge in [-0.15, -0.1) is 0 Å². The number of hydrogen-bond acceptors (Lipinski definition) is 4. The number of hydrogen-bond donors (Lipinski definition) is 3. The van der Waals surface area contributed by atoms with Gasteiger partial charge in [-0.2, -0.15) is 8.78 Å². The molecule has 5 nitrogen and oxygen atoms in total. The first-order chi connectivity index (χ1) is 9.49. The van der Waals surface area contributed by atoms with Crippen LogP contribution >= 0.6 is 0 Å². The second-order valence-electron chi connectivity index (χ2n) is 4.22. The van der Waals surface area contributed by atoms with Gasteiger partial charge in [-0.1, -0.05) is 6.07 Å². The molecular formula is C13H18F2N2O3. The molecule has 0 heterocycles. The number of carbonyl (C=O) groups excluding carboxylic acids is 1. The number of ether oxygens (including phenoxy) is 1. The maximum atomic E-state index is 12.1. The molecule has 0 radical (unpaired) electrons. The largest absolute Gasteiger partial charge is 0.435 e. The highest BCUT2D eigenvalue weighted by molar-refractivity contribution is 5.94. The third kappa shape index (κ3) is 6.44. The van der Waals surface area contributed by atoms with Gasteiger partial charge in [0, 0.05) is 25.2 Å². The predicted octanol–water partition coefficient (Wildman–Crippen LogP) is 0.988. The normalized spacial score (nSPS) is 12.2. The second kappa shape index (κ2) is 8.44. The van der Waals surface area contributed by atoms with E-state index in [0.717, 1.165) is 0 Å². The van der Waals surface area contributed by atoms with Gasteiger partial charge in [0.15, 0.2) is 0 Å². The zero-order valence-corrected chi connectivity index (χ0v) is 11.1. The molecule has 1 unspecified atom stereocenters. The Hall–Kier alpha value is -1.73. The minimum absolute atomic E-state index is 0.0557. The fourth-order valence-electron chi connectivity index (χ4n) is 1.49. The zero-order valence-electron chi connectivity index (χ0n) is 11.1. The van der Waals surface area contributed by atoms with E-state index < -0.39 is 12.7 Å². The summed E-state index contributed by atoms with van der Waals surface area (Å²) in [7, 11) is 0. The summed E-state index contributed by atoms with van der Waals surface area (Å²) in [6, 6.07) is 5.59. The number of alkyl halides is 2. The number of amides is 1. The number of aliphatic hydroxyl groups excluding tert-OH is 1. The van der Waals surface area contributed by atoms with E-state index in [4.69, 9.17) is 5.11 Å². The van der Waals surface area contributed by atoms with E-state index in [2.05, 4.69) is 15.4 Å². The smallest absolute Gasteiger partial charge is 0.387 e. The molecule has 0 aliphatic heterocycles. The van der Waals surface area contributed by atoms with Gasteiger partial charge >= 0.3 is 6.61 Å². The lowest BCUT2D eigenvalue weighted by molar-refractivity contribution is -0.0498. The molecule has 0 spiro atoms. The predicted molar refractivity (Wildman–Crippen MR) is 70.0 cm³/mol. The van der Waals surface area contributed by atoms with Crippen molar-refractivity contribution in [2.24, 2.45) is 0 Å². The van der Waals surface area contributed by atoms with E-state index in [1.807, 2.05) is 0 Å². The molecule has 0 aliphatic carbocycles. The summed E-state index contributed by atoms with van der Waals surface area (Å²) < 4.78 is 28.3. The summed E-state index contributed by atoms with van der Waals surface area (Å²) in [6.45, 7) is 0.0428. The molecule has 0 saturated heterocycles. The number of rotatable bonds is 8. The molecule has 0 aromatic heterocycles. The summed E-state index contributed by atoms with van der Waals surface area (Å²) in [6.07, 6.45) is -0.450. The van der Waals surface area contributed by atoms with E-state index >= 15 is 0 Å². The maximum Gasteiger partial charge on any atom is 0.387 e. The van der Waals surface area contributed by atoms with Crippen LogP contribution < -0.4 is 15.4 Å². The van der Waals surface area contributed by atoms with Crippen LogP contribution in [0.3, 0.4) is 0 Å². The second-order valence-corrected chi connectivity index (χ2v) is 4.22. The van der Waals surface area contributed by atoms with E-state index in [0.29, 0.717) is 19.6 Å². The Labute approximate surface area is 115 Å². The highest BCUT2D eigenvalue weighted by Crippen LogP contribution is 2.15. The molecule has 1 amide bonds. The van der Waals surface area contributed by atoms with Crippen LogP contribution in [0.1, 0.15) is 17.3 Å². The standard InChI is InChI=1S/C13H18F2N2O3/c1-9(18)8-16-5-6-17-12(19)10-3-2-4-11(7-10)20-13(14)15/h2-4,7,9,13,16,18H,5-6,8H2,1H3,(H,17,19). The van der Waals surface area contributed by atoms with Crippen molar-refractivity contribution in [3.05, 3.63) is 29.8 Å². The average molecular weight is 288 g/mol. The summed E-state index contributed by atoms with van der Waals surface area (Å²) in [4.78, 5) is 11.7. The van der Waals surface area contributed by atoms with Gasteiger partial charge in [-0.05, 0) is 25.1 Å². The number of benzene rings is 1. The highest BCUT2D eigenvalue weighted by atomic mass is 19.3. The quantitative estimate of drug-likeness (QED) is 0.624. The number of nitrogens with one attached hydrogen (secondary N) is 2. The van der Waals surface area contributed by atoms with Crippen LogP contribution in [0.4, 0.5) is 8.78 Å². The number of aliphatic hydroxyl groups is 1. The lowest BCUT2D eigenvalue weighted by atomic mass is 10.2. The highest BCUT2D eigenvalue weighted by Gasteiger charge is 2.09. The van der Waals surface area contributed by atoms with Gasteiger partial charge in [0.05, 0.1) is 6.10 Å². The number of halogens is 2. The van der Waals surface area contributed by atoms with Crippen molar-refractivity contribution in [1.29, 1.82) is 0 Å². The van der Waals surface area contributed by atoms with Crippen molar-refractivity contribution in [2.75, 3.05) is 19.6 Å². The molecule has 0 saturated carbocycles. The van der Waals surface area contributed by atoms with E-state index in [1.165, 1.54) is 24.3 Å². The van der Waals surface area contributed by atoms with E-state index in [1.54, 1.807) is 6.92 Å². The van der Waals surface area contributed by atoms with Crippen molar-refractivity contribution in [3.63, 3.8) is 0 Å². The van der Waals surface area contributed by atoms with Crippen LogP contribution in [0, 0.1) is 0 Å². The van der Waals surface area contributed by atoms with Crippen LogP contribution in [-0.2, 0) is 0 Å². The summed E-state index contributed by atoms with van der Waals surface area (Å²) in [5.41, 5.74) is 0.249. The Morgan fingerprint density at radius 3 is 2.80 bits per heavy atom. The third-order valence-electron chi connectivity index (χ3n) is 2.35. The average Bonchev–Trinajstić information content (AvgIpc) is 2.37. The van der Waals surface area contributed by atoms with Crippen LogP contribution in [0.25, 0.3) is 0 Å². The topological polar surface area (TPSA) is 70.6 Å². The third-order valence-corrected chi connectivity index (χ3v) is 2.35. The fourth-order valence-corrected chi connectivity index (χ4v) is 1.49. The van der Waals surface area contributed by atoms with Crippen LogP contribution in [-0.4, -0.2) is 43.4 Å².